The van der Waals surface area contributed by atoms with Gasteiger partial charge < -0.3 is 43.4 Å². The summed E-state index contributed by atoms with van der Waals surface area (Å²) in [7, 11) is 0. The summed E-state index contributed by atoms with van der Waals surface area (Å²) in [6.07, 6.45) is -0.429. The summed E-state index contributed by atoms with van der Waals surface area (Å²) in [5.41, 5.74) is 17.6. The summed E-state index contributed by atoms with van der Waals surface area (Å²) in [6, 6.07) is 11.7. The molecule has 0 spiro atoms. The lowest BCUT2D eigenvalue weighted by Crippen LogP contribution is -2.58. The number of guanidine groups is 1. The zero-order valence-corrected chi connectivity index (χ0v) is 24.5. The largest absolute Gasteiger partial charge is 0.508 e. The number of hydrogen-bond donors (Lipinski definition) is 8. The van der Waals surface area contributed by atoms with Crippen molar-refractivity contribution in [3.05, 3.63) is 65.7 Å². The third-order valence-electron chi connectivity index (χ3n) is 6.98. The highest BCUT2D eigenvalue weighted by Gasteiger charge is 2.31. The van der Waals surface area contributed by atoms with E-state index in [1.165, 1.54) is 12.1 Å². The molecule has 0 aliphatic carbocycles. The highest BCUT2D eigenvalue weighted by Crippen LogP contribution is 2.13. The van der Waals surface area contributed by atoms with Gasteiger partial charge in [0, 0.05) is 19.4 Å². The van der Waals surface area contributed by atoms with Crippen molar-refractivity contribution in [3.8, 4) is 5.75 Å². The van der Waals surface area contributed by atoms with Gasteiger partial charge in [0.25, 0.3) is 0 Å². The Hall–Kier alpha value is -4.65. The third kappa shape index (κ3) is 12.0. The predicted molar refractivity (Wildman–Crippen MR) is 162 cm³/mol. The molecule has 0 aliphatic rings. The quantitative estimate of drug-likeness (QED) is 0.0675. The molecule has 0 fully saturated rings. The van der Waals surface area contributed by atoms with Gasteiger partial charge in [-0.2, -0.15) is 0 Å². The molecule has 43 heavy (non-hydrogen) atoms. The monoisotopic (exact) mass is 597 g/mol. The van der Waals surface area contributed by atoms with Crippen molar-refractivity contribution in [2.45, 2.75) is 70.2 Å². The van der Waals surface area contributed by atoms with Gasteiger partial charge in [-0.25, -0.2) is 0 Å². The number of phenolic OH excluding ortho intramolecular Hbond substituents is 1. The molecule has 0 radical (unpaired) electrons. The van der Waals surface area contributed by atoms with Crippen molar-refractivity contribution in [3.63, 3.8) is 0 Å². The molecule has 0 aromatic heterocycles. The van der Waals surface area contributed by atoms with Crippen molar-refractivity contribution in [1.29, 1.82) is 0 Å². The number of nitrogens with zero attached hydrogens (tertiary/aromatic N) is 1. The Morgan fingerprint density at radius 1 is 0.814 bits per heavy atom. The summed E-state index contributed by atoms with van der Waals surface area (Å²) in [6.45, 7) is 3.81. The molecule has 0 aliphatic heterocycles. The van der Waals surface area contributed by atoms with E-state index in [4.69, 9.17) is 17.2 Å². The van der Waals surface area contributed by atoms with Crippen molar-refractivity contribution in [2.24, 2.45) is 28.1 Å². The Morgan fingerprint density at radius 2 is 1.40 bits per heavy atom. The summed E-state index contributed by atoms with van der Waals surface area (Å²) in [5.74, 6) is -3.18. The molecule has 13 heteroatoms. The van der Waals surface area contributed by atoms with E-state index in [0.717, 1.165) is 5.56 Å². The van der Waals surface area contributed by atoms with Crippen molar-refractivity contribution in [1.82, 2.24) is 16.0 Å². The van der Waals surface area contributed by atoms with Crippen LogP contribution in [0.2, 0.25) is 0 Å². The first kappa shape index (κ1) is 34.6. The number of carbonyl (C=O) groups excluding carboxylic acids is 4. The number of primary amides is 1. The number of phenols is 1. The molecule has 2 aromatic carbocycles. The summed E-state index contributed by atoms with van der Waals surface area (Å²) < 4.78 is 0. The topological polar surface area (TPSA) is 235 Å². The zero-order valence-electron chi connectivity index (χ0n) is 24.5. The number of rotatable bonds is 17. The number of nitrogens with one attached hydrogen (secondary N) is 3. The summed E-state index contributed by atoms with van der Waals surface area (Å²) in [4.78, 5) is 55.9. The molecule has 2 aromatic rings. The van der Waals surface area contributed by atoms with Crippen LogP contribution in [0.3, 0.4) is 0 Å². The minimum absolute atomic E-state index is 0.00493. The molecule has 0 heterocycles. The minimum atomic E-state index is -1.44. The van der Waals surface area contributed by atoms with Crippen LogP contribution in [0.5, 0.6) is 5.75 Å². The van der Waals surface area contributed by atoms with E-state index >= 15 is 0 Å². The van der Waals surface area contributed by atoms with Crippen LogP contribution in [0.4, 0.5) is 0 Å². The van der Waals surface area contributed by atoms with E-state index in [-0.39, 0.29) is 43.4 Å². The second-order valence-corrected chi connectivity index (χ2v) is 10.4. The second-order valence-electron chi connectivity index (χ2n) is 10.4. The molecule has 5 atom stereocenters. The fraction of sp³-hybridized carbons (Fsp3) is 0.433. The van der Waals surface area contributed by atoms with E-state index in [0.29, 0.717) is 18.4 Å². The molecular formula is C30H43N7O6. The van der Waals surface area contributed by atoms with Gasteiger partial charge in [-0.15, -0.1) is 0 Å². The van der Waals surface area contributed by atoms with Crippen LogP contribution in [0.15, 0.2) is 59.6 Å². The van der Waals surface area contributed by atoms with Gasteiger partial charge in [0.15, 0.2) is 5.96 Å². The van der Waals surface area contributed by atoms with E-state index < -0.39 is 47.9 Å². The van der Waals surface area contributed by atoms with Gasteiger partial charge >= 0.3 is 0 Å². The molecule has 11 N–H and O–H groups in total. The van der Waals surface area contributed by atoms with E-state index in [9.17, 15) is 29.4 Å². The number of hydrogen-bond acceptors (Lipinski definition) is 7. The first-order valence-corrected chi connectivity index (χ1v) is 14.2. The second kappa shape index (κ2) is 17.3. The fourth-order valence-corrected chi connectivity index (χ4v) is 4.30. The Labute approximate surface area is 251 Å². The predicted octanol–water partition coefficient (Wildman–Crippen LogP) is -0.422. The molecule has 13 nitrogen and oxygen atoms in total. The molecular weight excluding hydrogens is 554 g/mol. The summed E-state index contributed by atoms with van der Waals surface area (Å²) >= 11 is 0. The molecule has 2 rings (SSSR count). The Bertz CT molecular complexity index is 1240. The standard InChI is InChI=1S/C30H43N7O6/c1-3-18(2)25(26(31)40)37-27(41)22(10-7-15-34-30(32)33)35-28(42)23(16-20-11-13-21(38)14-12-20)36-29(43)24(39)17-19-8-5-4-6-9-19/h4-6,8-9,11-14,18,22-25,38-39H,3,7,10,15-17H2,1-2H3,(H2,31,40)(H,35,42)(H,36,43)(H,37,41)(H4,32,33,34)/t18?,22-,23-,24?,25-/m0/s1. The lowest BCUT2D eigenvalue weighted by atomic mass is 9.97. The van der Waals surface area contributed by atoms with Gasteiger partial charge in [-0.3, -0.25) is 24.2 Å². The number of aliphatic imine (C=N–C) groups is 1. The Kier molecular flexibility index (Phi) is 13.9. The average Bonchev–Trinajstić information content (AvgIpc) is 2.97. The summed E-state index contributed by atoms with van der Waals surface area (Å²) in [5, 5.41) is 28.1. The minimum Gasteiger partial charge on any atom is -0.508 e. The molecule has 0 saturated carbocycles. The average molecular weight is 598 g/mol. The van der Waals surface area contributed by atoms with Crippen LogP contribution >= 0.6 is 0 Å². The number of nitrogens with two attached hydrogens (primary N) is 3. The van der Waals surface area contributed by atoms with E-state index in [2.05, 4.69) is 20.9 Å². The number of benzene rings is 2. The molecule has 0 saturated heterocycles. The van der Waals surface area contributed by atoms with Gasteiger partial charge in [0.2, 0.25) is 23.6 Å². The third-order valence-corrected chi connectivity index (χ3v) is 6.98. The maximum atomic E-state index is 13.6. The normalized spacial score (nSPS) is 14.3. The fourth-order valence-electron chi connectivity index (χ4n) is 4.30. The number of aliphatic hydroxyl groups is 1. The number of aromatic hydroxyl groups is 1. The number of carbonyl (C=O) groups is 4. The number of amides is 4. The smallest absolute Gasteiger partial charge is 0.249 e. The SMILES string of the molecule is CCC(C)[C@H](NC(=O)[C@H](CCCN=C(N)N)NC(=O)[C@H](Cc1ccc(O)cc1)NC(=O)C(O)Cc1ccccc1)C(N)=O. The first-order valence-electron chi connectivity index (χ1n) is 14.2. The lowest BCUT2D eigenvalue weighted by Gasteiger charge is -2.27. The molecule has 2 unspecified atom stereocenters. The van der Waals surface area contributed by atoms with Crippen molar-refractivity contribution >= 4 is 29.6 Å². The van der Waals surface area contributed by atoms with Gasteiger partial charge in [-0.1, -0.05) is 62.7 Å². The van der Waals surface area contributed by atoms with Crippen molar-refractivity contribution in [2.75, 3.05) is 6.54 Å². The zero-order chi connectivity index (χ0) is 31.9. The Morgan fingerprint density at radius 3 is 1.98 bits per heavy atom. The van der Waals surface area contributed by atoms with Crippen LogP contribution in [0.25, 0.3) is 0 Å². The van der Waals surface area contributed by atoms with Crippen LogP contribution in [0, 0.1) is 5.92 Å². The van der Waals surface area contributed by atoms with Crippen molar-refractivity contribution < 1.29 is 29.4 Å². The highest BCUT2D eigenvalue weighted by molar-refractivity contribution is 5.94. The number of aliphatic hydroxyl groups excluding tert-OH is 1. The van der Waals surface area contributed by atoms with Crippen LogP contribution in [0.1, 0.15) is 44.2 Å². The van der Waals surface area contributed by atoms with Crippen LogP contribution in [-0.2, 0) is 32.0 Å². The molecule has 234 valence electrons. The first-order chi connectivity index (χ1) is 20.4. The van der Waals surface area contributed by atoms with Crippen LogP contribution in [-0.4, -0.2) is 70.6 Å². The van der Waals surface area contributed by atoms with Gasteiger partial charge in [-0.05, 0) is 42.0 Å². The Balaban J connectivity index is 2.28. The maximum Gasteiger partial charge on any atom is 0.249 e. The van der Waals surface area contributed by atoms with Gasteiger partial charge in [0.05, 0.1) is 0 Å². The van der Waals surface area contributed by atoms with Gasteiger partial charge in [0.1, 0.15) is 30.0 Å². The maximum absolute atomic E-state index is 13.6. The molecule has 4 amide bonds. The van der Waals surface area contributed by atoms with Crippen LogP contribution < -0.4 is 33.2 Å². The lowest BCUT2D eigenvalue weighted by molar-refractivity contribution is -0.135. The van der Waals surface area contributed by atoms with E-state index in [1.807, 2.05) is 13.0 Å². The molecule has 0 bridgehead atoms. The van der Waals surface area contributed by atoms with E-state index in [1.54, 1.807) is 43.3 Å². The highest BCUT2D eigenvalue weighted by atomic mass is 16.3.